The largest absolute Gasteiger partial charge is 0.393 e. The van der Waals surface area contributed by atoms with Crippen LogP contribution < -0.4 is 0 Å². The Labute approximate surface area is 100 Å². The summed E-state index contributed by atoms with van der Waals surface area (Å²) in [6.45, 7) is 2.12. The number of unbranched alkanes of at least 4 members (excludes halogenated alkanes) is 1. The van der Waals surface area contributed by atoms with Crippen LogP contribution in [0, 0.1) is 5.92 Å². The third-order valence-electron chi connectivity index (χ3n) is 3.84. The van der Waals surface area contributed by atoms with Crippen LogP contribution in [-0.4, -0.2) is 22.4 Å². The van der Waals surface area contributed by atoms with Crippen molar-refractivity contribution >= 4 is 0 Å². The summed E-state index contributed by atoms with van der Waals surface area (Å²) >= 11 is 0. The molecule has 0 aromatic carbocycles. The van der Waals surface area contributed by atoms with Crippen molar-refractivity contribution in [2.45, 2.75) is 83.3 Å². The number of rotatable bonds is 7. The van der Waals surface area contributed by atoms with Gasteiger partial charge in [-0.25, -0.2) is 0 Å². The monoisotopic (exact) mass is 228 g/mol. The predicted octanol–water partition coefficient (Wildman–Crippen LogP) is 3.26. The van der Waals surface area contributed by atoms with E-state index in [1.807, 2.05) is 0 Å². The minimum Gasteiger partial charge on any atom is -0.393 e. The molecule has 0 amide bonds. The third kappa shape index (κ3) is 5.86. The van der Waals surface area contributed by atoms with Gasteiger partial charge in [0.05, 0.1) is 12.2 Å². The first-order valence-corrected chi connectivity index (χ1v) is 7.08. The molecule has 1 aliphatic carbocycles. The molecule has 0 aromatic heterocycles. The van der Waals surface area contributed by atoms with Crippen molar-refractivity contribution < 1.29 is 10.2 Å². The molecule has 2 N–H and O–H groups in total. The summed E-state index contributed by atoms with van der Waals surface area (Å²) < 4.78 is 0. The highest BCUT2D eigenvalue weighted by Crippen LogP contribution is 2.28. The molecule has 0 aromatic rings. The Balaban J connectivity index is 1.95. The van der Waals surface area contributed by atoms with Crippen LogP contribution in [0.2, 0.25) is 0 Å². The van der Waals surface area contributed by atoms with E-state index < -0.39 is 0 Å². The zero-order chi connectivity index (χ0) is 11.8. The molecule has 16 heavy (non-hydrogen) atoms. The summed E-state index contributed by atoms with van der Waals surface area (Å²) in [5, 5.41) is 19.0. The zero-order valence-electron chi connectivity index (χ0n) is 10.7. The van der Waals surface area contributed by atoms with Crippen molar-refractivity contribution in [2.24, 2.45) is 5.92 Å². The van der Waals surface area contributed by atoms with Gasteiger partial charge in [0.15, 0.2) is 0 Å². The van der Waals surface area contributed by atoms with Crippen LogP contribution in [0.1, 0.15) is 71.1 Å². The molecule has 96 valence electrons. The molecule has 0 saturated heterocycles. The minimum atomic E-state index is -0.0711. The first-order chi connectivity index (χ1) is 7.72. The molecule has 1 fully saturated rings. The van der Waals surface area contributed by atoms with E-state index in [0.717, 1.165) is 38.0 Å². The van der Waals surface area contributed by atoms with Crippen molar-refractivity contribution in [1.82, 2.24) is 0 Å². The predicted molar refractivity (Wildman–Crippen MR) is 67.3 cm³/mol. The molecule has 1 atom stereocenters. The molecular weight excluding hydrogens is 200 g/mol. The standard InChI is InChI=1S/C14H28O2/c1-2-5-13(15)7-4-3-6-12-8-10-14(16)11-9-12/h12-16H,2-11H2,1H3. The second-order valence-electron chi connectivity index (χ2n) is 5.40. The van der Waals surface area contributed by atoms with Gasteiger partial charge in [-0.15, -0.1) is 0 Å². The van der Waals surface area contributed by atoms with Crippen molar-refractivity contribution in [3.8, 4) is 0 Å². The lowest BCUT2D eigenvalue weighted by Crippen LogP contribution is -2.18. The molecule has 0 aliphatic heterocycles. The van der Waals surface area contributed by atoms with Crippen molar-refractivity contribution in [3.05, 3.63) is 0 Å². The van der Waals surface area contributed by atoms with E-state index in [1.165, 1.54) is 32.1 Å². The summed E-state index contributed by atoms with van der Waals surface area (Å²) in [4.78, 5) is 0. The van der Waals surface area contributed by atoms with Crippen LogP contribution in [0.5, 0.6) is 0 Å². The molecule has 0 heterocycles. The maximum Gasteiger partial charge on any atom is 0.0540 e. The molecule has 1 rings (SSSR count). The Morgan fingerprint density at radius 3 is 2.38 bits per heavy atom. The van der Waals surface area contributed by atoms with Crippen LogP contribution in [0.15, 0.2) is 0 Å². The highest BCUT2D eigenvalue weighted by Gasteiger charge is 2.18. The second kappa shape index (κ2) is 8.08. The van der Waals surface area contributed by atoms with Gasteiger partial charge in [-0.2, -0.15) is 0 Å². The maximum absolute atomic E-state index is 9.59. The van der Waals surface area contributed by atoms with Gasteiger partial charge in [-0.1, -0.05) is 32.6 Å². The molecule has 1 unspecified atom stereocenters. The van der Waals surface area contributed by atoms with Gasteiger partial charge < -0.3 is 10.2 Å². The molecule has 0 radical (unpaired) electrons. The average molecular weight is 228 g/mol. The molecule has 2 heteroatoms. The van der Waals surface area contributed by atoms with Gasteiger partial charge in [-0.3, -0.25) is 0 Å². The number of aliphatic hydroxyl groups is 2. The van der Waals surface area contributed by atoms with Gasteiger partial charge in [0, 0.05) is 0 Å². The molecule has 0 bridgehead atoms. The Kier molecular flexibility index (Phi) is 7.06. The van der Waals surface area contributed by atoms with Crippen molar-refractivity contribution in [2.75, 3.05) is 0 Å². The van der Waals surface area contributed by atoms with Crippen molar-refractivity contribution in [1.29, 1.82) is 0 Å². The second-order valence-corrected chi connectivity index (χ2v) is 5.40. The first kappa shape index (κ1) is 14.0. The minimum absolute atomic E-state index is 0.0253. The van der Waals surface area contributed by atoms with Crippen LogP contribution in [0.3, 0.4) is 0 Å². The van der Waals surface area contributed by atoms with Crippen LogP contribution in [-0.2, 0) is 0 Å². The maximum atomic E-state index is 9.59. The number of hydrogen-bond acceptors (Lipinski definition) is 2. The Hall–Kier alpha value is -0.0800. The van der Waals surface area contributed by atoms with Gasteiger partial charge in [0.2, 0.25) is 0 Å². The van der Waals surface area contributed by atoms with E-state index in [1.54, 1.807) is 0 Å². The van der Waals surface area contributed by atoms with Gasteiger partial charge in [-0.05, 0) is 44.4 Å². The fourth-order valence-corrected chi connectivity index (χ4v) is 2.72. The lowest BCUT2D eigenvalue weighted by Gasteiger charge is -2.25. The average Bonchev–Trinajstić information content (AvgIpc) is 2.27. The molecule has 2 nitrogen and oxygen atoms in total. The zero-order valence-corrected chi connectivity index (χ0v) is 10.7. The molecule has 0 spiro atoms. The lowest BCUT2D eigenvalue weighted by molar-refractivity contribution is 0.105. The smallest absolute Gasteiger partial charge is 0.0540 e. The lowest BCUT2D eigenvalue weighted by atomic mass is 9.84. The van der Waals surface area contributed by atoms with E-state index in [2.05, 4.69) is 6.92 Å². The van der Waals surface area contributed by atoms with Crippen molar-refractivity contribution in [3.63, 3.8) is 0 Å². The Bertz CT molecular complexity index is 162. The van der Waals surface area contributed by atoms with Gasteiger partial charge in [0.25, 0.3) is 0 Å². The highest BCUT2D eigenvalue weighted by atomic mass is 16.3. The Morgan fingerprint density at radius 1 is 1.06 bits per heavy atom. The number of hydrogen-bond donors (Lipinski definition) is 2. The fraction of sp³-hybridized carbons (Fsp3) is 1.00. The van der Waals surface area contributed by atoms with Crippen LogP contribution >= 0.6 is 0 Å². The molecule has 1 aliphatic rings. The molecule has 1 saturated carbocycles. The van der Waals surface area contributed by atoms with E-state index >= 15 is 0 Å². The van der Waals surface area contributed by atoms with E-state index in [0.29, 0.717) is 0 Å². The van der Waals surface area contributed by atoms with Gasteiger partial charge >= 0.3 is 0 Å². The van der Waals surface area contributed by atoms with Crippen LogP contribution in [0.25, 0.3) is 0 Å². The quantitative estimate of drug-likeness (QED) is 0.657. The number of aliphatic hydroxyl groups excluding tert-OH is 2. The summed E-state index contributed by atoms with van der Waals surface area (Å²) in [6.07, 6.45) is 11.1. The summed E-state index contributed by atoms with van der Waals surface area (Å²) in [7, 11) is 0. The molecular formula is C14H28O2. The third-order valence-corrected chi connectivity index (χ3v) is 3.84. The fourth-order valence-electron chi connectivity index (χ4n) is 2.72. The highest BCUT2D eigenvalue weighted by molar-refractivity contribution is 4.71. The summed E-state index contributed by atoms with van der Waals surface area (Å²) in [6, 6.07) is 0. The van der Waals surface area contributed by atoms with E-state index in [9.17, 15) is 10.2 Å². The Morgan fingerprint density at radius 2 is 1.75 bits per heavy atom. The SMILES string of the molecule is CCCC(O)CCCCC1CCC(O)CC1. The van der Waals surface area contributed by atoms with Gasteiger partial charge in [0.1, 0.15) is 0 Å². The van der Waals surface area contributed by atoms with Crippen LogP contribution in [0.4, 0.5) is 0 Å². The van der Waals surface area contributed by atoms with E-state index in [4.69, 9.17) is 0 Å². The summed E-state index contributed by atoms with van der Waals surface area (Å²) in [5.41, 5.74) is 0. The topological polar surface area (TPSA) is 40.5 Å². The van der Waals surface area contributed by atoms with E-state index in [-0.39, 0.29) is 12.2 Å². The summed E-state index contributed by atoms with van der Waals surface area (Å²) in [5.74, 6) is 0.840. The normalized spacial score (nSPS) is 27.9. The first-order valence-electron chi connectivity index (χ1n) is 7.08.